The van der Waals surface area contributed by atoms with Crippen LogP contribution in [0, 0.1) is 5.92 Å². The topological polar surface area (TPSA) is 83.4 Å². The van der Waals surface area contributed by atoms with Crippen molar-refractivity contribution in [2.24, 2.45) is 5.92 Å². The molecule has 1 N–H and O–H groups in total. The molecule has 2 aromatic rings. The maximum Gasteiger partial charge on any atom is 0.306 e. The molecule has 1 amide bonds. The van der Waals surface area contributed by atoms with Gasteiger partial charge in [-0.25, -0.2) is 0 Å². The zero-order valence-corrected chi connectivity index (χ0v) is 14.8. The van der Waals surface area contributed by atoms with Crippen LogP contribution in [0.25, 0.3) is 0 Å². The summed E-state index contributed by atoms with van der Waals surface area (Å²) >= 11 is 7.50. The van der Waals surface area contributed by atoms with Gasteiger partial charge in [0.05, 0.1) is 10.9 Å². The summed E-state index contributed by atoms with van der Waals surface area (Å²) < 4.78 is 0. The lowest BCUT2D eigenvalue weighted by Crippen LogP contribution is -2.40. The van der Waals surface area contributed by atoms with Gasteiger partial charge < -0.3 is 10.0 Å². The Morgan fingerprint density at radius 3 is 2.44 bits per heavy atom. The Hall–Kier alpha value is -2.12. The molecule has 0 unspecified atom stereocenters. The third-order valence-corrected chi connectivity index (χ3v) is 5.49. The number of aliphatic carboxylic acids is 1. The van der Waals surface area contributed by atoms with Gasteiger partial charge in [-0.15, -0.1) is 10.2 Å². The summed E-state index contributed by atoms with van der Waals surface area (Å²) in [6.07, 6.45) is 0.934. The van der Waals surface area contributed by atoms with E-state index in [1.165, 1.54) is 11.8 Å². The first kappa shape index (κ1) is 17.7. The zero-order valence-electron chi connectivity index (χ0n) is 13.3. The number of carbonyl (C=O) groups excluding carboxylic acids is 1. The number of carboxylic acids is 1. The molecule has 6 nitrogen and oxygen atoms in total. The lowest BCUT2D eigenvalue weighted by molar-refractivity contribution is -0.143. The van der Waals surface area contributed by atoms with Crippen molar-refractivity contribution in [1.29, 1.82) is 0 Å². The van der Waals surface area contributed by atoms with E-state index >= 15 is 0 Å². The fraction of sp³-hybridized carbons (Fsp3) is 0.294. The number of hydrogen-bond donors (Lipinski definition) is 1. The van der Waals surface area contributed by atoms with Crippen LogP contribution in [0.2, 0.25) is 5.02 Å². The number of carbonyl (C=O) groups is 2. The summed E-state index contributed by atoms with van der Waals surface area (Å²) in [4.78, 5) is 25.9. The molecule has 1 aromatic heterocycles. The van der Waals surface area contributed by atoms with Crippen molar-refractivity contribution in [1.82, 2.24) is 15.1 Å². The number of amides is 1. The smallest absolute Gasteiger partial charge is 0.306 e. The van der Waals surface area contributed by atoms with E-state index in [-0.39, 0.29) is 17.5 Å². The highest BCUT2D eigenvalue weighted by Crippen LogP contribution is 2.31. The number of carboxylic acid groups (broad SMARTS) is 1. The maximum atomic E-state index is 12.4. The van der Waals surface area contributed by atoms with E-state index in [1.807, 2.05) is 18.2 Å². The molecule has 0 spiro atoms. The highest BCUT2D eigenvalue weighted by Gasteiger charge is 2.28. The molecule has 0 radical (unpaired) electrons. The Morgan fingerprint density at radius 2 is 1.84 bits per heavy atom. The molecule has 1 aliphatic rings. The van der Waals surface area contributed by atoms with Gasteiger partial charge in [-0.1, -0.05) is 35.5 Å². The van der Waals surface area contributed by atoms with Crippen molar-refractivity contribution < 1.29 is 14.7 Å². The van der Waals surface area contributed by atoms with Crippen molar-refractivity contribution in [2.75, 3.05) is 13.1 Å². The lowest BCUT2D eigenvalue weighted by atomic mass is 9.97. The highest BCUT2D eigenvalue weighted by molar-refractivity contribution is 7.99. The van der Waals surface area contributed by atoms with E-state index in [4.69, 9.17) is 16.7 Å². The molecule has 0 saturated carbocycles. The van der Waals surface area contributed by atoms with Gasteiger partial charge in [0.1, 0.15) is 5.03 Å². The Bertz CT molecular complexity index is 777. The van der Waals surface area contributed by atoms with E-state index in [1.54, 1.807) is 23.1 Å². The normalized spacial score (nSPS) is 15.2. The predicted octanol–water partition coefficient (Wildman–Crippen LogP) is 3.22. The first-order valence-electron chi connectivity index (χ1n) is 7.83. The van der Waals surface area contributed by atoms with Crippen molar-refractivity contribution in [3.8, 4) is 0 Å². The Morgan fingerprint density at radius 1 is 1.12 bits per heavy atom. The molecule has 1 fully saturated rings. The van der Waals surface area contributed by atoms with E-state index in [2.05, 4.69) is 10.2 Å². The Balaban J connectivity index is 1.63. The average molecular weight is 378 g/mol. The standard InChI is InChI=1S/C17H16ClN3O3S/c18-12-3-1-2-4-14(12)25-15-6-5-13(19-20-15)16(22)21-9-7-11(8-10-21)17(23)24/h1-6,11H,7-10H2,(H,23,24). The third kappa shape index (κ3) is 4.29. The molecule has 0 aliphatic carbocycles. The molecule has 0 atom stereocenters. The minimum absolute atomic E-state index is 0.217. The van der Waals surface area contributed by atoms with Crippen LogP contribution < -0.4 is 0 Å². The van der Waals surface area contributed by atoms with Crippen molar-refractivity contribution in [3.05, 3.63) is 47.1 Å². The largest absolute Gasteiger partial charge is 0.481 e. The summed E-state index contributed by atoms with van der Waals surface area (Å²) in [5.41, 5.74) is 0.261. The zero-order chi connectivity index (χ0) is 17.8. The quantitative estimate of drug-likeness (QED) is 0.880. The van der Waals surface area contributed by atoms with E-state index in [9.17, 15) is 9.59 Å². The summed E-state index contributed by atoms with van der Waals surface area (Å²) in [5.74, 6) is -1.39. The lowest BCUT2D eigenvalue weighted by Gasteiger charge is -2.29. The van der Waals surface area contributed by atoms with E-state index in [0.29, 0.717) is 36.0 Å². The molecular formula is C17H16ClN3O3S. The fourth-order valence-electron chi connectivity index (χ4n) is 2.62. The number of benzene rings is 1. The number of halogens is 1. The second-order valence-electron chi connectivity index (χ2n) is 5.69. The SMILES string of the molecule is O=C(O)C1CCN(C(=O)c2ccc(Sc3ccccc3Cl)nn2)CC1. The van der Waals surface area contributed by atoms with Crippen LogP contribution in [0.3, 0.4) is 0 Å². The fourth-order valence-corrected chi connectivity index (χ4v) is 3.63. The predicted molar refractivity (Wildman–Crippen MR) is 93.9 cm³/mol. The molecule has 1 aromatic carbocycles. The van der Waals surface area contributed by atoms with Crippen LogP contribution >= 0.6 is 23.4 Å². The number of likely N-dealkylation sites (tertiary alicyclic amines) is 1. The van der Waals surface area contributed by atoms with Gasteiger partial charge in [-0.05, 0) is 37.1 Å². The minimum Gasteiger partial charge on any atom is -0.481 e. The monoisotopic (exact) mass is 377 g/mol. The molecular weight excluding hydrogens is 362 g/mol. The minimum atomic E-state index is -0.798. The van der Waals surface area contributed by atoms with Gasteiger partial charge in [0.25, 0.3) is 5.91 Å². The van der Waals surface area contributed by atoms with Gasteiger partial charge in [-0.2, -0.15) is 0 Å². The van der Waals surface area contributed by atoms with Crippen LogP contribution in [0.4, 0.5) is 0 Å². The molecule has 1 aliphatic heterocycles. The third-order valence-electron chi connectivity index (χ3n) is 4.04. The second-order valence-corrected chi connectivity index (χ2v) is 7.16. The van der Waals surface area contributed by atoms with Gasteiger partial charge in [0, 0.05) is 18.0 Å². The van der Waals surface area contributed by atoms with E-state index in [0.717, 1.165) is 4.90 Å². The Labute approximate surface area is 154 Å². The van der Waals surface area contributed by atoms with Gasteiger partial charge >= 0.3 is 5.97 Å². The molecule has 1 saturated heterocycles. The van der Waals surface area contributed by atoms with E-state index < -0.39 is 5.97 Å². The van der Waals surface area contributed by atoms with Gasteiger partial charge in [-0.3, -0.25) is 9.59 Å². The molecule has 130 valence electrons. The van der Waals surface area contributed by atoms with Crippen LogP contribution in [-0.2, 0) is 4.79 Å². The number of rotatable bonds is 4. The number of hydrogen-bond acceptors (Lipinski definition) is 5. The summed E-state index contributed by atoms with van der Waals surface area (Å²) in [7, 11) is 0. The van der Waals surface area contributed by atoms with Crippen molar-refractivity contribution in [3.63, 3.8) is 0 Å². The van der Waals surface area contributed by atoms with Gasteiger partial charge in [0.15, 0.2) is 5.69 Å². The first-order valence-corrected chi connectivity index (χ1v) is 9.02. The Kier molecular flexibility index (Phi) is 5.55. The van der Waals surface area contributed by atoms with Crippen LogP contribution in [0.1, 0.15) is 23.3 Å². The maximum absolute atomic E-state index is 12.4. The number of aromatic nitrogens is 2. The summed E-state index contributed by atoms with van der Waals surface area (Å²) in [6, 6.07) is 10.8. The van der Waals surface area contributed by atoms with Crippen LogP contribution in [-0.4, -0.2) is 45.2 Å². The molecule has 2 heterocycles. The van der Waals surface area contributed by atoms with Crippen LogP contribution in [0.15, 0.2) is 46.3 Å². The molecule has 25 heavy (non-hydrogen) atoms. The average Bonchev–Trinajstić information content (AvgIpc) is 2.64. The number of piperidine rings is 1. The van der Waals surface area contributed by atoms with Crippen molar-refractivity contribution >= 4 is 35.2 Å². The first-order chi connectivity index (χ1) is 12.0. The van der Waals surface area contributed by atoms with Gasteiger partial charge in [0.2, 0.25) is 0 Å². The summed E-state index contributed by atoms with van der Waals surface area (Å²) in [5, 5.41) is 18.4. The highest BCUT2D eigenvalue weighted by atomic mass is 35.5. The van der Waals surface area contributed by atoms with Crippen LogP contribution in [0.5, 0.6) is 0 Å². The summed E-state index contributed by atoms with van der Waals surface area (Å²) in [6.45, 7) is 0.848. The molecule has 3 rings (SSSR count). The molecule has 8 heteroatoms. The molecule has 0 bridgehead atoms. The number of nitrogens with zero attached hydrogens (tertiary/aromatic N) is 3. The second kappa shape index (κ2) is 7.84. The van der Waals surface area contributed by atoms with Crippen molar-refractivity contribution in [2.45, 2.75) is 22.8 Å².